The van der Waals surface area contributed by atoms with Crippen molar-refractivity contribution in [3.63, 3.8) is 0 Å². The number of aldehydes is 1. The van der Waals surface area contributed by atoms with E-state index in [0.29, 0.717) is 16.5 Å². The van der Waals surface area contributed by atoms with Gasteiger partial charge in [-0.1, -0.05) is 68.2 Å². The van der Waals surface area contributed by atoms with Gasteiger partial charge in [0.15, 0.2) is 0 Å². The van der Waals surface area contributed by atoms with Gasteiger partial charge in [-0.25, -0.2) is 0 Å². The van der Waals surface area contributed by atoms with Crippen LogP contribution in [0.5, 0.6) is 0 Å². The lowest BCUT2D eigenvalue weighted by molar-refractivity contribution is -0.162. The number of hydrogen-bond donors (Lipinski definition) is 1. The number of carbonyl (C=O) groups excluding carboxylic acids is 2. The molecule has 2 aromatic carbocycles. The van der Waals surface area contributed by atoms with Crippen LogP contribution in [0.2, 0.25) is 10.0 Å². The molecule has 1 amide bonds. The Bertz CT molecular complexity index is 1020. The maximum atomic E-state index is 14.0. The van der Waals surface area contributed by atoms with E-state index in [4.69, 9.17) is 23.2 Å². The van der Waals surface area contributed by atoms with E-state index in [0.717, 1.165) is 17.4 Å². The molecule has 4 atom stereocenters. The minimum Gasteiger partial charge on any atom is -0.481 e. The molecule has 1 N–H and O–H groups in total. The molecule has 1 heterocycles. The van der Waals surface area contributed by atoms with Crippen LogP contribution in [0.15, 0.2) is 48.5 Å². The third-order valence-electron chi connectivity index (χ3n) is 6.60. The highest BCUT2D eigenvalue weighted by atomic mass is 35.5. The molecular formula is C26H29Cl2NO4. The Morgan fingerprint density at radius 3 is 2.36 bits per heavy atom. The molecule has 0 bridgehead atoms. The van der Waals surface area contributed by atoms with Crippen molar-refractivity contribution in [1.82, 2.24) is 4.90 Å². The van der Waals surface area contributed by atoms with Gasteiger partial charge in [-0.05, 0) is 47.7 Å². The van der Waals surface area contributed by atoms with Crippen LogP contribution in [-0.4, -0.2) is 34.2 Å². The maximum absolute atomic E-state index is 14.0. The lowest BCUT2D eigenvalue weighted by atomic mass is 9.66. The summed E-state index contributed by atoms with van der Waals surface area (Å²) < 4.78 is 0. The van der Waals surface area contributed by atoms with Crippen LogP contribution in [0.25, 0.3) is 0 Å². The van der Waals surface area contributed by atoms with Crippen LogP contribution in [0.4, 0.5) is 0 Å². The standard InChI is InChI=1S/C26H29Cl2NO4/c1-16(2)22(11-12-30)29-24(17-7-9-19(27)10-8-17)21(18-5-4-6-20(28)13-18)14-26(3,25(29)33)15-23(31)32/h4-10,12-13,16,21-22,24H,11,14-15H2,1-3H3,(H,31,32)/t21-,22?,24-,26-/m1/s1. The lowest BCUT2D eigenvalue weighted by Crippen LogP contribution is -2.57. The first-order valence-electron chi connectivity index (χ1n) is 11.1. The average molecular weight is 490 g/mol. The first-order chi connectivity index (χ1) is 15.6. The Hall–Kier alpha value is -2.37. The quantitative estimate of drug-likeness (QED) is 0.451. The Kier molecular flexibility index (Phi) is 7.86. The van der Waals surface area contributed by atoms with Crippen molar-refractivity contribution >= 4 is 41.4 Å². The highest BCUT2D eigenvalue weighted by molar-refractivity contribution is 6.30. The zero-order chi connectivity index (χ0) is 24.3. The van der Waals surface area contributed by atoms with Crippen molar-refractivity contribution in [3.8, 4) is 0 Å². The molecule has 0 aromatic heterocycles. The minimum absolute atomic E-state index is 0.0128. The van der Waals surface area contributed by atoms with Crippen LogP contribution in [-0.2, 0) is 14.4 Å². The number of rotatable bonds is 8. The van der Waals surface area contributed by atoms with Gasteiger partial charge in [-0.15, -0.1) is 0 Å². The van der Waals surface area contributed by atoms with Gasteiger partial charge < -0.3 is 14.8 Å². The number of halogens is 2. The monoisotopic (exact) mass is 489 g/mol. The summed E-state index contributed by atoms with van der Waals surface area (Å²) in [6.07, 6.45) is 1.04. The largest absolute Gasteiger partial charge is 0.481 e. The molecule has 33 heavy (non-hydrogen) atoms. The second-order valence-corrected chi connectivity index (χ2v) is 10.3. The third kappa shape index (κ3) is 5.42. The normalized spacial score (nSPS) is 24.1. The summed E-state index contributed by atoms with van der Waals surface area (Å²) in [5, 5.41) is 10.8. The molecule has 1 aliphatic heterocycles. The Morgan fingerprint density at radius 2 is 1.82 bits per heavy atom. The van der Waals surface area contributed by atoms with E-state index in [1.165, 1.54) is 0 Å². The summed E-state index contributed by atoms with van der Waals surface area (Å²) >= 11 is 12.5. The molecular weight excluding hydrogens is 461 g/mol. The van der Waals surface area contributed by atoms with Gasteiger partial charge in [0.1, 0.15) is 6.29 Å². The van der Waals surface area contributed by atoms with Crippen LogP contribution < -0.4 is 0 Å². The number of benzene rings is 2. The number of amides is 1. The van der Waals surface area contributed by atoms with Crippen LogP contribution in [0, 0.1) is 11.3 Å². The average Bonchev–Trinajstić information content (AvgIpc) is 2.74. The smallest absolute Gasteiger partial charge is 0.304 e. The molecule has 1 saturated heterocycles. The molecule has 3 rings (SSSR count). The maximum Gasteiger partial charge on any atom is 0.304 e. The van der Waals surface area contributed by atoms with Gasteiger partial charge in [0.2, 0.25) is 5.91 Å². The van der Waals surface area contributed by atoms with E-state index in [1.54, 1.807) is 30.0 Å². The van der Waals surface area contributed by atoms with Gasteiger partial charge in [0.25, 0.3) is 0 Å². The summed E-state index contributed by atoms with van der Waals surface area (Å²) in [6.45, 7) is 5.65. The minimum atomic E-state index is -1.13. The zero-order valence-electron chi connectivity index (χ0n) is 19.0. The van der Waals surface area contributed by atoms with E-state index >= 15 is 0 Å². The van der Waals surface area contributed by atoms with Gasteiger partial charge >= 0.3 is 5.97 Å². The molecule has 5 nitrogen and oxygen atoms in total. The summed E-state index contributed by atoms with van der Waals surface area (Å²) in [4.78, 5) is 39.2. The fourth-order valence-electron chi connectivity index (χ4n) is 5.05. The number of piperidine rings is 1. The summed E-state index contributed by atoms with van der Waals surface area (Å²) in [5.74, 6) is -1.51. The summed E-state index contributed by atoms with van der Waals surface area (Å²) in [7, 11) is 0. The molecule has 7 heteroatoms. The van der Waals surface area contributed by atoms with Gasteiger partial charge in [-0.2, -0.15) is 0 Å². The molecule has 0 radical (unpaired) electrons. The van der Waals surface area contributed by atoms with E-state index in [1.807, 2.05) is 44.2 Å². The number of likely N-dealkylation sites (tertiary alicyclic amines) is 1. The predicted molar refractivity (Wildman–Crippen MR) is 130 cm³/mol. The third-order valence-corrected chi connectivity index (χ3v) is 7.08. The molecule has 0 saturated carbocycles. The van der Waals surface area contributed by atoms with Crippen molar-refractivity contribution < 1.29 is 19.5 Å². The predicted octanol–water partition coefficient (Wildman–Crippen LogP) is 6.15. The van der Waals surface area contributed by atoms with Crippen molar-refractivity contribution in [3.05, 3.63) is 69.7 Å². The van der Waals surface area contributed by atoms with Crippen molar-refractivity contribution in [2.45, 2.75) is 58.0 Å². The molecule has 0 aliphatic carbocycles. The van der Waals surface area contributed by atoms with Crippen molar-refractivity contribution in [1.29, 1.82) is 0 Å². The number of carbonyl (C=O) groups is 3. The highest BCUT2D eigenvalue weighted by Crippen LogP contribution is 2.52. The molecule has 1 aliphatic rings. The Labute approximate surface area is 204 Å². The Morgan fingerprint density at radius 1 is 1.15 bits per heavy atom. The second-order valence-electron chi connectivity index (χ2n) is 9.42. The fourth-order valence-corrected chi connectivity index (χ4v) is 5.38. The van der Waals surface area contributed by atoms with E-state index in [2.05, 4.69) is 0 Å². The first kappa shape index (κ1) is 25.3. The topological polar surface area (TPSA) is 74.7 Å². The zero-order valence-corrected chi connectivity index (χ0v) is 20.5. The number of nitrogens with zero attached hydrogens (tertiary/aromatic N) is 1. The second kappa shape index (κ2) is 10.3. The van der Waals surface area contributed by atoms with Gasteiger partial charge in [-0.3, -0.25) is 9.59 Å². The molecule has 176 valence electrons. The SMILES string of the molecule is CC(C)C(CC=O)N1C(=O)[C@@](C)(CC(=O)O)C[C@H](c2cccc(Cl)c2)[C@H]1c1ccc(Cl)cc1. The number of carboxylic acid groups (broad SMARTS) is 1. The molecule has 2 aromatic rings. The van der Waals surface area contributed by atoms with Crippen LogP contribution in [0.3, 0.4) is 0 Å². The number of hydrogen-bond acceptors (Lipinski definition) is 3. The van der Waals surface area contributed by atoms with E-state index < -0.39 is 17.4 Å². The fraction of sp³-hybridized carbons (Fsp3) is 0.423. The van der Waals surface area contributed by atoms with E-state index in [9.17, 15) is 19.5 Å². The number of carboxylic acids is 1. The first-order valence-corrected chi connectivity index (χ1v) is 11.8. The Balaban J connectivity index is 2.26. The van der Waals surface area contributed by atoms with Gasteiger partial charge in [0.05, 0.1) is 17.9 Å². The van der Waals surface area contributed by atoms with Crippen molar-refractivity contribution in [2.75, 3.05) is 0 Å². The lowest BCUT2D eigenvalue weighted by Gasteiger charge is -2.52. The summed E-state index contributed by atoms with van der Waals surface area (Å²) in [5.41, 5.74) is 0.675. The van der Waals surface area contributed by atoms with Gasteiger partial charge in [0, 0.05) is 28.4 Å². The summed E-state index contributed by atoms with van der Waals surface area (Å²) in [6, 6.07) is 14.0. The molecule has 1 unspecified atom stereocenters. The van der Waals surface area contributed by atoms with Crippen LogP contribution >= 0.6 is 23.2 Å². The van der Waals surface area contributed by atoms with Crippen LogP contribution in [0.1, 0.15) is 63.1 Å². The number of aliphatic carboxylic acids is 1. The molecule has 1 fully saturated rings. The molecule has 0 spiro atoms. The van der Waals surface area contributed by atoms with E-state index in [-0.39, 0.29) is 36.6 Å². The highest BCUT2D eigenvalue weighted by Gasteiger charge is 2.52. The van der Waals surface area contributed by atoms with Crippen molar-refractivity contribution in [2.24, 2.45) is 11.3 Å².